The number of rotatable bonds is 4. The highest BCUT2D eigenvalue weighted by Crippen LogP contribution is 2.45. The molecule has 33 heavy (non-hydrogen) atoms. The quantitative estimate of drug-likeness (QED) is 0.313. The van der Waals surface area contributed by atoms with Gasteiger partial charge in [-0.1, -0.05) is 24.3 Å². The summed E-state index contributed by atoms with van der Waals surface area (Å²) in [6.07, 6.45) is 0. The average molecular weight is 445 g/mol. The van der Waals surface area contributed by atoms with E-state index in [1.165, 1.54) is 24.3 Å². The van der Waals surface area contributed by atoms with Gasteiger partial charge >= 0.3 is 0 Å². The number of ether oxygens (including phenoxy) is 1. The molecule has 0 saturated carbocycles. The molecule has 7 nitrogen and oxygen atoms in total. The number of aromatic hydroxyl groups is 2. The number of phenols is 2. The van der Waals surface area contributed by atoms with E-state index in [0.29, 0.717) is 22.4 Å². The summed E-state index contributed by atoms with van der Waals surface area (Å²) in [7, 11) is 1.54. The molecule has 1 aliphatic heterocycles. The summed E-state index contributed by atoms with van der Waals surface area (Å²) in [6, 6.07) is 14.6. The Morgan fingerprint density at radius 3 is 2.33 bits per heavy atom. The second-order valence-electron chi connectivity index (χ2n) is 7.89. The molecule has 3 N–H and O–H groups in total. The van der Waals surface area contributed by atoms with Gasteiger partial charge in [-0.2, -0.15) is 0 Å². The van der Waals surface area contributed by atoms with Crippen LogP contribution < -0.4 is 9.64 Å². The van der Waals surface area contributed by atoms with Crippen LogP contribution >= 0.6 is 0 Å². The first kappa shape index (κ1) is 22.0. The van der Waals surface area contributed by atoms with Crippen LogP contribution in [0.1, 0.15) is 28.3 Å². The van der Waals surface area contributed by atoms with E-state index in [1.54, 1.807) is 50.4 Å². The normalized spacial score (nSPS) is 17.4. The SMILES string of the molecule is COc1cc(C)c(/C(O)=C2\C(=O)C(=O)N(c3ccccc3O)C2c2cccc(O)c2)cc1C. The van der Waals surface area contributed by atoms with Crippen molar-refractivity contribution in [2.45, 2.75) is 19.9 Å². The van der Waals surface area contributed by atoms with Gasteiger partial charge in [-0.25, -0.2) is 0 Å². The molecule has 1 fully saturated rings. The van der Waals surface area contributed by atoms with Gasteiger partial charge in [-0.15, -0.1) is 0 Å². The van der Waals surface area contributed by atoms with Gasteiger partial charge < -0.3 is 20.1 Å². The Morgan fingerprint density at radius 2 is 1.67 bits per heavy atom. The number of ketones is 1. The largest absolute Gasteiger partial charge is 0.508 e. The van der Waals surface area contributed by atoms with Gasteiger partial charge in [0.1, 0.15) is 23.0 Å². The van der Waals surface area contributed by atoms with Gasteiger partial charge in [0, 0.05) is 5.56 Å². The van der Waals surface area contributed by atoms with Crippen LogP contribution in [0.3, 0.4) is 0 Å². The topological polar surface area (TPSA) is 107 Å². The first-order valence-electron chi connectivity index (χ1n) is 10.3. The third-order valence-electron chi connectivity index (χ3n) is 5.77. The molecule has 7 heteroatoms. The number of aliphatic hydroxyl groups excluding tert-OH is 1. The Labute approximate surface area is 190 Å². The molecule has 0 radical (unpaired) electrons. The zero-order valence-electron chi connectivity index (χ0n) is 18.4. The number of carbonyl (C=O) groups excluding carboxylic acids is 2. The monoisotopic (exact) mass is 445 g/mol. The third kappa shape index (κ3) is 3.67. The molecule has 1 aliphatic rings. The highest BCUT2D eigenvalue weighted by molar-refractivity contribution is 6.52. The number of carbonyl (C=O) groups is 2. The maximum atomic E-state index is 13.2. The summed E-state index contributed by atoms with van der Waals surface area (Å²) in [5, 5.41) is 31.8. The molecule has 0 aliphatic carbocycles. The number of hydrogen-bond acceptors (Lipinski definition) is 6. The lowest BCUT2D eigenvalue weighted by Crippen LogP contribution is -2.29. The number of methoxy groups -OCH3 is 1. The van der Waals surface area contributed by atoms with Gasteiger partial charge in [-0.3, -0.25) is 14.5 Å². The van der Waals surface area contributed by atoms with Crippen LogP contribution in [0.25, 0.3) is 5.76 Å². The van der Waals surface area contributed by atoms with Crippen molar-refractivity contribution in [2.75, 3.05) is 12.0 Å². The maximum Gasteiger partial charge on any atom is 0.300 e. The zero-order valence-corrected chi connectivity index (χ0v) is 18.4. The standard InChI is InChI=1S/C26H23NO6/c1-14-12-21(33-3)15(2)11-18(14)24(30)22-23(16-7-6-8-17(28)13-16)27(26(32)25(22)31)19-9-4-5-10-20(19)29/h4-13,23,28-30H,1-3H3/b24-22+. The number of anilines is 1. The van der Waals surface area contributed by atoms with Crippen LogP contribution in [0.5, 0.6) is 17.2 Å². The Bertz CT molecular complexity index is 1310. The van der Waals surface area contributed by atoms with E-state index in [-0.39, 0.29) is 28.5 Å². The van der Waals surface area contributed by atoms with Crippen molar-refractivity contribution in [3.8, 4) is 17.2 Å². The van der Waals surface area contributed by atoms with Gasteiger partial charge in [0.2, 0.25) is 0 Å². The number of para-hydroxylation sites is 2. The highest BCUT2D eigenvalue weighted by Gasteiger charge is 2.47. The molecule has 1 unspecified atom stereocenters. The zero-order chi connectivity index (χ0) is 23.9. The van der Waals surface area contributed by atoms with E-state index in [0.717, 1.165) is 10.5 Å². The predicted molar refractivity (Wildman–Crippen MR) is 123 cm³/mol. The Hall–Kier alpha value is -4.26. The molecule has 0 spiro atoms. The van der Waals surface area contributed by atoms with E-state index in [9.17, 15) is 24.9 Å². The lowest BCUT2D eigenvalue weighted by molar-refractivity contribution is -0.132. The number of amides is 1. The minimum absolute atomic E-state index is 0.0631. The van der Waals surface area contributed by atoms with E-state index in [1.807, 2.05) is 6.92 Å². The molecular formula is C26H23NO6. The van der Waals surface area contributed by atoms with Crippen molar-refractivity contribution < 1.29 is 29.6 Å². The number of Topliss-reactive ketones (excluding diaryl/α,β-unsaturated/α-hetero) is 1. The molecule has 1 atom stereocenters. The number of hydrogen-bond donors (Lipinski definition) is 3. The number of benzene rings is 3. The van der Waals surface area contributed by atoms with Crippen molar-refractivity contribution >= 4 is 23.1 Å². The summed E-state index contributed by atoms with van der Waals surface area (Å²) in [5.41, 5.74) is 2.17. The van der Waals surface area contributed by atoms with Crippen LogP contribution in [-0.2, 0) is 9.59 Å². The van der Waals surface area contributed by atoms with Crippen LogP contribution in [0.2, 0.25) is 0 Å². The van der Waals surface area contributed by atoms with Crippen LogP contribution in [0.15, 0.2) is 66.2 Å². The second kappa shape index (κ2) is 8.35. The molecule has 0 aromatic heterocycles. The highest BCUT2D eigenvalue weighted by atomic mass is 16.5. The average Bonchev–Trinajstić information content (AvgIpc) is 3.05. The summed E-state index contributed by atoms with van der Waals surface area (Å²) < 4.78 is 5.33. The Balaban J connectivity index is 2.00. The first-order chi connectivity index (χ1) is 15.7. The molecule has 168 valence electrons. The lowest BCUT2D eigenvalue weighted by Gasteiger charge is -2.26. The number of nitrogens with zero attached hydrogens (tertiary/aromatic N) is 1. The van der Waals surface area contributed by atoms with Gasteiger partial charge in [0.05, 0.1) is 24.4 Å². The minimum Gasteiger partial charge on any atom is -0.508 e. The Kier molecular flexibility index (Phi) is 5.55. The van der Waals surface area contributed by atoms with Crippen molar-refractivity contribution in [3.63, 3.8) is 0 Å². The van der Waals surface area contributed by atoms with Crippen molar-refractivity contribution in [3.05, 3.63) is 88.5 Å². The number of aliphatic hydroxyl groups is 1. The Morgan fingerprint density at radius 1 is 0.939 bits per heavy atom. The maximum absolute atomic E-state index is 13.2. The van der Waals surface area contributed by atoms with E-state index >= 15 is 0 Å². The number of phenolic OH excluding ortho intramolecular Hbond substituents is 2. The first-order valence-corrected chi connectivity index (χ1v) is 10.3. The molecule has 1 amide bonds. The number of aryl methyl sites for hydroxylation is 2. The van der Waals surface area contributed by atoms with Gasteiger partial charge in [0.15, 0.2) is 0 Å². The third-order valence-corrected chi connectivity index (χ3v) is 5.77. The van der Waals surface area contributed by atoms with Crippen molar-refractivity contribution in [1.29, 1.82) is 0 Å². The van der Waals surface area contributed by atoms with E-state index in [4.69, 9.17) is 4.74 Å². The molecule has 1 saturated heterocycles. The van der Waals surface area contributed by atoms with Gasteiger partial charge in [0.25, 0.3) is 11.7 Å². The lowest BCUT2D eigenvalue weighted by atomic mass is 9.93. The summed E-state index contributed by atoms with van der Waals surface area (Å²) in [6.45, 7) is 3.57. The molecule has 1 heterocycles. The fraction of sp³-hybridized carbons (Fsp3) is 0.154. The van der Waals surface area contributed by atoms with Crippen LogP contribution in [0, 0.1) is 13.8 Å². The molecule has 3 aromatic carbocycles. The molecule has 3 aromatic rings. The van der Waals surface area contributed by atoms with Crippen molar-refractivity contribution in [1.82, 2.24) is 0 Å². The van der Waals surface area contributed by atoms with Crippen molar-refractivity contribution in [2.24, 2.45) is 0 Å². The minimum atomic E-state index is -1.06. The molecule has 4 rings (SSSR count). The second-order valence-corrected chi connectivity index (χ2v) is 7.89. The fourth-order valence-electron chi connectivity index (χ4n) is 4.17. The predicted octanol–water partition coefficient (Wildman–Crippen LogP) is 4.35. The summed E-state index contributed by atoms with van der Waals surface area (Å²) >= 11 is 0. The van der Waals surface area contributed by atoms with Crippen LogP contribution in [-0.4, -0.2) is 34.1 Å². The van der Waals surface area contributed by atoms with E-state index < -0.39 is 17.7 Å². The molecule has 0 bridgehead atoms. The molecular weight excluding hydrogens is 422 g/mol. The van der Waals surface area contributed by atoms with Crippen LogP contribution in [0.4, 0.5) is 5.69 Å². The smallest absolute Gasteiger partial charge is 0.300 e. The van der Waals surface area contributed by atoms with Gasteiger partial charge in [-0.05, 0) is 66.9 Å². The van der Waals surface area contributed by atoms with E-state index in [2.05, 4.69) is 0 Å². The summed E-state index contributed by atoms with van der Waals surface area (Å²) in [5.74, 6) is -1.76. The summed E-state index contributed by atoms with van der Waals surface area (Å²) in [4.78, 5) is 27.5. The fourth-order valence-corrected chi connectivity index (χ4v) is 4.17.